The van der Waals surface area contributed by atoms with Crippen LogP contribution in [0.15, 0.2) is 30.3 Å². The number of hydrogen-bond acceptors (Lipinski definition) is 3. The fourth-order valence-corrected chi connectivity index (χ4v) is 3.44. The predicted molar refractivity (Wildman–Crippen MR) is 89.6 cm³/mol. The van der Waals surface area contributed by atoms with Crippen LogP contribution in [0, 0.1) is 13.8 Å². The molecule has 4 rings (SSSR count). The van der Waals surface area contributed by atoms with Crippen molar-refractivity contribution in [2.24, 2.45) is 0 Å². The fourth-order valence-electron chi connectivity index (χ4n) is 3.44. The molecule has 0 N–H and O–H groups in total. The van der Waals surface area contributed by atoms with Crippen LogP contribution < -0.4 is 4.90 Å². The van der Waals surface area contributed by atoms with Crippen molar-refractivity contribution < 1.29 is 4.79 Å². The van der Waals surface area contributed by atoms with Gasteiger partial charge in [0.05, 0.1) is 5.92 Å². The molecule has 4 nitrogen and oxygen atoms in total. The highest BCUT2D eigenvalue weighted by atomic mass is 16.2. The molecule has 4 heteroatoms. The smallest absolute Gasteiger partial charge is 0.235 e. The van der Waals surface area contributed by atoms with Gasteiger partial charge in [-0.1, -0.05) is 12.1 Å². The Balaban J connectivity index is 1.60. The Hall–Kier alpha value is -2.23. The summed E-state index contributed by atoms with van der Waals surface area (Å²) in [7, 11) is 0. The molecule has 0 bridgehead atoms. The molecule has 23 heavy (non-hydrogen) atoms. The van der Waals surface area contributed by atoms with Gasteiger partial charge in [0.15, 0.2) is 0 Å². The Morgan fingerprint density at radius 2 is 1.87 bits per heavy atom. The van der Waals surface area contributed by atoms with E-state index in [2.05, 4.69) is 17.1 Å². The highest BCUT2D eigenvalue weighted by Gasteiger charge is 2.36. The average Bonchev–Trinajstić information content (AvgIpc) is 3.31. The summed E-state index contributed by atoms with van der Waals surface area (Å²) in [5.41, 5.74) is 4.21. The molecule has 2 aliphatic rings. The summed E-state index contributed by atoms with van der Waals surface area (Å²) in [5.74, 6) is 1.47. The van der Waals surface area contributed by atoms with Crippen molar-refractivity contribution in [1.29, 1.82) is 0 Å². The van der Waals surface area contributed by atoms with E-state index in [4.69, 9.17) is 4.98 Å². The third-order valence-electron chi connectivity index (χ3n) is 4.87. The van der Waals surface area contributed by atoms with E-state index in [1.165, 1.54) is 18.5 Å². The Labute approximate surface area is 136 Å². The first-order chi connectivity index (χ1) is 11.1. The first-order valence-corrected chi connectivity index (χ1v) is 8.36. The highest BCUT2D eigenvalue weighted by molar-refractivity contribution is 5.99. The van der Waals surface area contributed by atoms with Crippen molar-refractivity contribution in [3.8, 4) is 0 Å². The highest BCUT2D eigenvalue weighted by Crippen LogP contribution is 2.40. The number of pyridine rings is 2. The number of carbonyl (C=O) groups is 1. The van der Waals surface area contributed by atoms with Crippen molar-refractivity contribution in [3.63, 3.8) is 0 Å². The lowest BCUT2D eigenvalue weighted by atomic mass is 9.96. The molecule has 1 aliphatic carbocycles. The maximum atomic E-state index is 12.9. The zero-order valence-corrected chi connectivity index (χ0v) is 13.6. The third-order valence-corrected chi connectivity index (χ3v) is 4.87. The molecule has 2 aromatic heterocycles. The van der Waals surface area contributed by atoms with Gasteiger partial charge in [-0.15, -0.1) is 0 Å². The largest absolute Gasteiger partial charge is 0.296 e. The van der Waals surface area contributed by atoms with Gasteiger partial charge in [-0.05, 0) is 56.9 Å². The number of nitrogens with zero attached hydrogens (tertiary/aromatic N) is 3. The number of aromatic nitrogens is 2. The Bertz CT molecular complexity index is 767. The van der Waals surface area contributed by atoms with E-state index >= 15 is 0 Å². The van der Waals surface area contributed by atoms with E-state index in [0.29, 0.717) is 5.92 Å². The van der Waals surface area contributed by atoms with Gasteiger partial charge in [0.25, 0.3) is 0 Å². The van der Waals surface area contributed by atoms with E-state index < -0.39 is 0 Å². The summed E-state index contributed by atoms with van der Waals surface area (Å²) in [6.45, 7) is 4.71. The SMILES string of the molecule is Cc1cccc(N2CCC(c3ccc(C4CC4)nc3C)C2=O)n1. The molecular weight excluding hydrogens is 286 g/mol. The van der Waals surface area contributed by atoms with Crippen LogP contribution in [0.25, 0.3) is 0 Å². The van der Waals surface area contributed by atoms with Crippen LogP contribution in [0.2, 0.25) is 0 Å². The second-order valence-electron chi connectivity index (χ2n) is 6.65. The fraction of sp³-hybridized carbons (Fsp3) is 0.421. The van der Waals surface area contributed by atoms with E-state index in [0.717, 1.165) is 35.7 Å². The molecule has 2 aromatic rings. The van der Waals surface area contributed by atoms with Crippen molar-refractivity contribution in [1.82, 2.24) is 9.97 Å². The van der Waals surface area contributed by atoms with Gasteiger partial charge in [0, 0.05) is 29.5 Å². The molecule has 0 radical (unpaired) electrons. The lowest BCUT2D eigenvalue weighted by Gasteiger charge is -2.17. The van der Waals surface area contributed by atoms with Crippen LogP contribution in [0.1, 0.15) is 53.7 Å². The van der Waals surface area contributed by atoms with Crippen LogP contribution in [0.5, 0.6) is 0 Å². The minimum absolute atomic E-state index is 0.0851. The van der Waals surface area contributed by atoms with Crippen LogP contribution in [0.4, 0.5) is 5.82 Å². The summed E-state index contributed by atoms with van der Waals surface area (Å²) in [6.07, 6.45) is 3.33. The molecule has 0 spiro atoms. The second-order valence-corrected chi connectivity index (χ2v) is 6.65. The van der Waals surface area contributed by atoms with Gasteiger partial charge >= 0.3 is 0 Å². The zero-order chi connectivity index (χ0) is 16.0. The minimum Gasteiger partial charge on any atom is -0.296 e. The van der Waals surface area contributed by atoms with Crippen LogP contribution in [-0.4, -0.2) is 22.4 Å². The molecule has 118 valence electrons. The minimum atomic E-state index is -0.0851. The summed E-state index contributed by atoms with van der Waals surface area (Å²) < 4.78 is 0. The number of rotatable bonds is 3. The van der Waals surface area contributed by atoms with Crippen LogP contribution in [0.3, 0.4) is 0 Å². The van der Waals surface area contributed by atoms with Gasteiger partial charge in [-0.25, -0.2) is 4.98 Å². The monoisotopic (exact) mass is 307 g/mol. The van der Waals surface area contributed by atoms with Gasteiger partial charge < -0.3 is 0 Å². The molecule has 1 amide bonds. The average molecular weight is 307 g/mol. The second kappa shape index (κ2) is 5.44. The lowest BCUT2D eigenvalue weighted by Crippen LogP contribution is -2.27. The number of amides is 1. The van der Waals surface area contributed by atoms with E-state index in [-0.39, 0.29) is 11.8 Å². The molecule has 0 aromatic carbocycles. The maximum absolute atomic E-state index is 12.9. The molecule has 1 aliphatic heterocycles. The van der Waals surface area contributed by atoms with E-state index in [1.54, 1.807) is 0 Å². The molecule has 1 saturated carbocycles. The molecule has 3 heterocycles. The van der Waals surface area contributed by atoms with Gasteiger partial charge in [0.1, 0.15) is 5.82 Å². The van der Waals surface area contributed by atoms with Gasteiger partial charge in [-0.3, -0.25) is 14.7 Å². The maximum Gasteiger partial charge on any atom is 0.235 e. The molecule has 1 unspecified atom stereocenters. The standard InChI is InChI=1S/C19H21N3O/c1-12-4-3-5-18(20-12)22-11-10-16(19(22)23)15-8-9-17(14-6-7-14)21-13(15)2/h3-5,8-9,14,16H,6-7,10-11H2,1-2H3. The van der Waals surface area contributed by atoms with Gasteiger partial charge in [0.2, 0.25) is 5.91 Å². The zero-order valence-electron chi connectivity index (χ0n) is 13.6. The van der Waals surface area contributed by atoms with E-state index in [9.17, 15) is 4.79 Å². The molecule has 2 fully saturated rings. The third kappa shape index (κ3) is 2.62. The number of carbonyl (C=O) groups excluding carboxylic acids is 1. The van der Waals surface area contributed by atoms with Crippen LogP contribution in [-0.2, 0) is 4.79 Å². The van der Waals surface area contributed by atoms with Crippen LogP contribution >= 0.6 is 0 Å². The predicted octanol–water partition coefficient (Wildman–Crippen LogP) is 3.49. The first kappa shape index (κ1) is 14.4. The first-order valence-electron chi connectivity index (χ1n) is 8.36. The topological polar surface area (TPSA) is 46.1 Å². The number of hydrogen-bond donors (Lipinski definition) is 0. The van der Waals surface area contributed by atoms with E-state index in [1.807, 2.05) is 36.9 Å². The number of anilines is 1. The Morgan fingerprint density at radius 1 is 1.04 bits per heavy atom. The lowest BCUT2D eigenvalue weighted by molar-refractivity contribution is -0.118. The molecule has 1 atom stereocenters. The Morgan fingerprint density at radius 3 is 2.57 bits per heavy atom. The van der Waals surface area contributed by atoms with Crippen molar-refractivity contribution in [2.45, 2.75) is 44.9 Å². The normalized spacial score (nSPS) is 21.0. The summed E-state index contributed by atoms with van der Waals surface area (Å²) in [4.78, 5) is 23.9. The summed E-state index contributed by atoms with van der Waals surface area (Å²) >= 11 is 0. The van der Waals surface area contributed by atoms with Crippen molar-refractivity contribution >= 4 is 11.7 Å². The molecular formula is C19H21N3O. The molecule has 1 saturated heterocycles. The van der Waals surface area contributed by atoms with Crippen molar-refractivity contribution in [2.75, 3.05) is 11.4 Å². The summed E-state index contributed by atoms with van der Waals surface area (Å²) in [5, 5.41) is 0. The number of aryl methyl sites for hydroxylation is 2. The summed E-state index contributed by atoms with van der Waals surface area (Å²) in [6, 6.07) is 10.0. The quantitative estimate of drug-likeness (QED) is 0.872. The van der Waals surface area contributed by atoms with Crippen molar-refractivity contribution in [3.05, 3.63) is 53.0 Å². The Kier molecular flexibility index (Phi) is 3.40. The van der Waals surface area contributed by atoms with Gasteiger partial charge in [-0.2, -0.15) is 0 Å².